The highest BCUT2D eigenvalue weighted by Crippen LogP contribution is 2.36. The van der Waals surface area contributed by atoms with Gasteiger partial charge in [-0.3, -0.25) is 0 Å². The van der Waals surface area contributed by atoms with Crippen LogP contribution in [0, 0.1) is 5.92 Å². The van der Waals surface area contributed by atoms with E-state index >= 15 is 0 Å². The molecule has 5 rings (SSSR count). The van der Waals surface area contributed by atoms with Gasteiger partial charge in [-0.25, -0.2) is 0 Å². The Bertz CT molecular complexity index is 1360. The molecule has 0 bridgehead atoms. The minimum absolute atomic E-state index is 0.556. The molecule has 0 spiro atoms. The second-order valence-corrected chi connectivity index (χ2v) is 11.2. The van der Waals surface area contributed by atoms with Gasteiger partial charge in [-0.05, 0) is 82.8 Å². The van der Waals surface area contributed by atoms with Gasteiger partial charge in [0.15, 0.2) is 0 Å². The molecule has 0 N–H and O–H groups in total. The molecule has 1 fully saturated rings. The number of allylic oxidation sites excluding steroid dienone is 1. The molecule has 2 heteroatoms. The molecule has 0 aliphatic heterocycles. The van der Waals surface area contributed by atoms with E-state index in [4.69, 9.17) is 0 Å². The predicted molar refractivity (Wildman–Crippen MR) is 169 cm³/mol. The molecular formula is C37H42N2. The Morgan fingerprint density at radius 1 is 0.667 bits per heavy atom. The predicted octanol–water partition coefficient (Wildman–Crippen LogP) is 9.75. The zero-order valence-corrected chi connectivity index (χ0v) is 23.9. The van der Waals surface area contributed by atoms with Crippen molar-refractivity contribution in [3.63, 3.8) is 0 Å². The summed E-state index contributed by atoms with van der Waals surface area (Å²) in [4.78, 5) is 4.61. The van der Waals surface area contributed by atoms with Crippen LogP contribution in [0.5, 0.6) is 0 Å². The van der Waals surface area contributed by atoms with E-state index in [1.165, 1.54) is 82.6 Å². The molecule has 4 aromatic carbocycles. The first-order chi connectivity index (χ1) is 19.0. The molecule has 0 aromatic heterocycles. The van der Waals surface area contributed by atoms with Gasteiger partial charge >= 0.3 is 0 Å². The molecule has 0 saturated heterocycles. The lowest BCUT2D eigenvalue weighted by molar-refractivity contribution is 0.396. The summed E-state index contributed by atoms with van der Waals surface area (Å²) in [7, 11) is 4.16. The van der Waals surface area contributed by atoms with E-state index in [2.05, 4.69) is 134 Å². The van der Waals surface area contributed by atoms with Gasteiger partial charge in [0, 0.05) is 37.7 Å². The highest BCUT2D eigenvalue weighted by Gasteiger charge is 2.22. The molecule has 0 atom stereocenters. The van der Waals surface area contributed by atoms with E-state index in [0.717, 1.165) is 13.0 Å². The minimum Gasteiger partial charge on any atom is -0.378 e. The SMILES string of the molecule is C=C(C1CCCCC1)N(Cc1ccc(-c2ccc(N(C)C)cc2)cc1)c1cccc(-c2ccc(CC)cc2)c1. The summed E-state index contributed by atoms with van der Waals surface area (Å²) >= 11 is 0. The monoisotopic (exact) mass is 514 g/mol. The van der Waals surface area contributed by atoms with Gasteiger partial charge in [0.1, 0.15) is 0 Å². The quantitative estimate of drug-likeness (QED) is 0.219. The third-order valence-electron chi connectivity index (χ3n) is 8.29. The number of anilines is 2. The standard InChI is InChI=1S/C37H42N2/c1-5-29-14-18-34(19-15-29)35-12-9-13-37(26-35)39(28(2)31-10-7-6-8-11-31)27-30-16-20-32(21-17-30)33-22-24-36(25-23-33)38(3)4/h9,12-26,31H,2,5-8,10-11,27H2,1,3-4H3. The zero-order valence-electron chi connectivity index (χ0n) is 23.9. The van der Waals surface area contributed by atoms with Crippen molar-refractivity contribution in [1.29, 1.82) is 0 Å². The van der Waals surface area contributed by atoms with Crippen molar-refractivity contribution >= 4 is 11.4 Å². The topological polar surface area (TPSA) is 6.48 Å². The molecule has 2 nitrogen and oxygen atoms in total. The minimum atomic E-state index is 0.556. The van der Waals surface area contributed by atoms with Crippen molar-refractivity contribution in [2.24, 2.45) is 5.92 Å². The van der Waals surface area contributed by atoms with E-state index < -0.39 is 0 Å². The Morgan fingerprint density at radius 3 is 1.82 bits per heavy atom. The van der Waals surface area contributed by atoms with Gasteiger partial charge in [0.2, 0.25) is 0 Å². The van der Waals surface area contributed by atoms with Gasteiger partial charge in [-0.2, -0.15) is 0 Å². The Hall–Kier alpha value is -3.78. The number of rotatable bonds is 9. The number of hydrogen-bond acceptors (Lipinski definition) is 2. The van der Waals surface area contributed by atoms with Crippen molar-refractivity contribution in [3.05, 3.63) is 120 Å². The Morgan fingerprint density at radius 2 is 1.23 bits per heavy atom. The van der Waals surface area contributed by atoms with E-state index in [1.54, 1.807) is 0 Å². The normalized spacial score (nSPS) is 13.7. The molecule has 39 heavy (non-hydrogen) atoms. The molecule has 0 radical (unpaired) electrons. The number of nitrogens with zero attached hydrogens (tertiary/aromatic N) is 2. The number of hydrogen-bond donors (Lipinski definition) is 0. The lowest BCUT2D eigenvalue weighted by Gasteiger charge is -2.34. The van der Waals surface area contributed by atoms with Crippen molar-refractivity contribution in [1.82, 2.24) is 0 Å². The average molecular weight is 515 g/mol. The first kappa shape index (κ1) is 26.8. The number of benzene rings is 4. The van der Waals surface area contributed by atoms with Crippen LogP contribution in [-0.4, -0.2) is 14.1 Å². The third-order valence-corrected chi connectivity index (χ3v) is 8.29. The molecular weight excluding hydrogens is 472 g/mol. The van der Waals surface area contributed by atoms with Crippen molar-refractivity contribution < 1.29 is 0 Å². The van der Waals surface area contributed by atoms with E-state index in [0.29, 0.717) is 5.92 Å². The highest BCUT2D eigenvalue weighted by atomic mass is 15.1. The first-order valence-corrected chi connectivity index (χ1v) is 14.5. The largest absolute Gasteiger partial charge is 0.378 e. The Kier molecular flexibility index (Phi) is 8.51. The maximum Gasteiger partial charge on any atom is 0.0478 e. The molecule has 200 valence electrons. The lowest BCUT2D eigenvalue weighted by Crippen LogP contribution is -2.27. The van der Waals surface area contributed by atoms with Crippen molar-refractivity contribution in [3.8, 4) is 22.3 Å². The second kappa shape index (κ2) is 12.4. The molecule has 1 aliphatic carbocycles. The third kappa shape index (κ3) is 6.45. The van der Waals surface area contributed by atoms with Crippen molar-refractivity contribution in [2.75, 3.05) is 23.9 Å². The smallest absolute Gasteiger partial charge is 0.0478 e. The zero-order chi connectivity index (χ0) is 27.2. The fourth-order valence-corrected chi connectivity index (χ4v) is 5.74. The fourth-order valence-electron chi connectivity index (χ4n) is 5.74. The van der Waals surface area contributed by atoms with Gasteiger partial charge in [-0.15, -0.1) is 0 Å². The van der Waals surface area contributed by atoms with Crippen LogP contribution in [0.2, 0.25) is 0 Å². The Labute approximate surface area is 235 Å². The average Bonchev–Trinajstić information content (AvgIpc) is 3.00. The molecule has 0 unspecified atom stereocenters. The van der Waals surface area contributed by atoms with Crippen LogP contribution in [-0.2, 0) is 13.0 Å². The van der Waals surface area contributed by atoms with Gasteiger partial charge in [-0.1, -0.05) is 106 Å². The Balaban J connectivity index is 1.41. The summed E-state index contributed by atoms with van der Waals surface area (Å²) in [5.74, 6) is 0.556. The molecule has 1 saturated carbocycles. The lowest BCUT2D eigenvalue weighted by atomic mass is 9.86. The number of aryl methyl sites for hydroxylation is 1. The maximum atomic E-state index is 4.69. The van der Waals surface area contributed by atoms with Crippen molar-refractivity contribution in [2.45, 2.75) is 52.0 Å². The van der Waals surface area contributed by atoms with Crippen LogP contribution in [0.1, 0.15) is 50.2 Å². The van der Waals surface area contributed by atoms with Gasteiger partial charge in [0.25, 0.3) is 0 Å². The fraction of sp³-hybridized carbons (Fsp3) is 0.297. The van der Waals surface area contributed by atoms with E-state index in [9.17, 15) is 0 Å². The van der Waals surface area contributed by atoms with E-state index in [1.807, 2.05) is 0 Å². The first-order valence-electron chi connectivity index (χ1n) is 14.5. The molecule has 1 aliphatic rings. The van der Waals surface area contributed by atoms with Crippen LogP contribution in [0.15, 0.2) is 109 Å². The van der Waals surface area contributed by atoms with Crippen LogP contribution in [0.25, 0.3) is 22.3 Å². The van der Waals surface area contributed by atoms with Gasteiger partial charge in [0.05, 0.1) is 0 Å². The summed E-state index contributed by atoms with van der Waals surface area (Å²) < 4.78 is 0. The summed E-state index contributed by atoms with van der Waals surface area (Å²) in [6.45, 7) is 7.72. The summed E-state index contributed by atoms with van der Waals surface area (Å²) in [5, 5.41) is 0. The van der Waals surface area contributed by atoms with Crippen LogP contribution >= 0.6 is 0 Å². The molecule has 0 heterocycles. The molecule has 4 aromatic rings. The van der Waals surface area contributed by atoms with Gasteiger partial charge < -0.3 is 9.80 Å². The van der Waals surface area contributed by atoms with Crippen LogP contribution < -0.4 is 9.80 Å². The summed E-state index contributed by atoms with van der Waals surface area (Å²) in [6.07, 6.45) is 7.52. The summed E-state index contributed by atoms with van der Waals surface area (Å²) in [6, 6.07) is 35.9. The second-order valence-electron chi connectivity index (χ2n) is 11.2. The van der Waals surface area contributed by atoms with E-state index in [-0.39, 0.29) is 0 Å². The highest BCUT2D eigenvalue weighted by molar-refractivity contribution is 5.70. The van der Waals surface area contributed by atoms with Crippen LogP contribution in [0.4, 0.5) is 11.4 Å². The maximum absolute atomic E-state index is 4.69. The molecule has 0 amide bonds. The van der Waals surface area contributed by atoms with Crippen LogP contribution in [0.3, 0.4) is 0 Å². The summed E-state index contributed by atoms with van der Waals surface area (Å²) in [5.41, 5.74) is 11.4.